The molecule has 0 unspecified atom stereocenters. The van der Waals surface area contributed by atoms with Crippen LogP contribution in [0.15, 0.2) is 54.6 Å². The number of aliphatic carboxylic acids is 1. The number of aromatic nitrogens is 3. The van der Waals surface area contributed by atoms with E-state index in [-0.39, 0.29) is 12.1 Å². The Balaban J connectivity index is 2.05. The summed E-state index contributed by atoms with van der Waals surface area (Å²) < 4.78 is 1.57. The van der Waals surface area contributed by atoms with Crippen molar-refractivity contribution in [2.45, 2.75) is 6.42 Å². The van der Waals surface area contributed by atoms with Gasteiger partial charge in [-0.15, -0.1) is 5.10 Å². The lowest BCUT2D eigenvalue weighted by Crippen LogP contribution is -2.02. The van der Waals surface area contributed by atoms with Gasteiger partial charge in [-0.25, -0.2) is 4.68 Å². The molecular formula is C17H13N3O3. The lowest BCUT2D eigenvalue weighted by molar-refractivity contribution is -0.136. The molecule has 114 valence electrons. The molecule has 1 N–H and O–H groups in total. The van der Waals surface area contributed by atoms with Gasteiger partial charge < -0.3 is 5.11 Å². The SMILES string of the molecule is O=Cc1nnn(-c2ccc(CC(=O)O)cc2)c1-c1ccccc1. The summed E-state index contributed by atoms with van der Waals surface area (Å²) in [6.07, 6.45) is 0.632. The normalized spacial score (nSPS) is 10.4. The first-order valence-electron chi connectivity index (χ1n) is 6.96. The quantitative estimate of drug-likeness (QED) is 0.731. The Bertz CT molecular complexity index is 839. The van der Waals surface area contributed by atoms with Gasteiger partial charge in [-0.2, -0.15) is 0 Å². The van der Waals surface area contributed by atoms with Gasteiger partial charge in [0.2, 0.25) is 0 Å². The highest BCUT2D eigenvalue weighted by atomic mass is 16.4. The number of hydrogen-bond donors (Lipinski definition) is 1. The second-order valence-electron chi connectivity index (χ2n) is 4.96. The van der Waals surface area contributed by atoms with Crippen molar-refractivity contribution in [2.75, 3.05) is 0 Å². The van der Waals surface area contributed by atoms with E-state index >= 15 is 0 Å². The molecule has 0 radical (unpaired) electrons. The lowest BCUT2D eigenvalue weighted by Gasteiger charge is -2.07. The number of benzene rings is 2. The molecule has 23 heavy (non-hydrogen) atoms. The lowest BCUT2D eigenvalue weighted by atomic mass is 10.1. The van der Waals surface area contributed by atoms with Gasteiger partial charge in [0.15, 0.2) is 12.0 Å². The average molecular weight is 307 g/mol. The van der Waals surface area contributed by atoms with Gasteiger partial charge in [-0.05, 0) is 17.7 Å². The van der Waals surface area contributed by atoms with Gasteiger partial charge in [0.05, 0.1) is 12.1 Å². The third kappa shape index (κ3) is 3.01. The van der Waals surface area contributed by atoms with Crippen LogP contribution >= 0.6 is 0 Å². The van der Waals surface area contributed by atoms with Crippen molar-refractivity contribution >= 4 is 12.3 Å². The fourth-order valence-electron chi connectivity index (χ4n) is 2.35. The maximum absolute atomic E-state index is 11.2. The summed E-state index contributed by atoms with van der Waals surface area (Å²) in [6.45, 7) is 0. The number of carboxylic acid groups (broad SMARTS) is 1. The molecule has 0 spiro atoms. The second-order valence-corrected chi connectivity index (χ2v) is 4.96. The van der Waals surface area contributed by atoms with Crippen LogP contribution in [0.1, 0.15) is 16.1 Å². The van der Waals surface area contributed by atoms with E-state index < -0.39 is 5.97 Å². The minimum atomic E-state index is -0.883. The van der Waals surface area contributed by atoms with Crippen molar-refractivity contribution in [1.29, 1.82) is 0 Å². The van der Waals surface area contributed by atoms with Crippen LogP contribution in [-0.2, 0) is 11.2 Å². The van der Waals surface area contributed by atoms with Crippen molar-refractivity contribution in [3.05, 3.63) is 65.9 Å². The van der Waals surface area contributed by atoms with E-state index in [0.717, 1.165) is 5.56 Å². The predicted octanol–water partition coefficient (Wildman–Crippen LogP) is 2.37. The molecule has 0 aliphatic carbocycles. The van der Waals surface area contributed by atoms with Crippen LogP contribution in [-0.4, -0.2) is 32.4 Å². The fraction of sp³-hybridized carbons (Fsp3) is 0.0588. The third-order valence-electron chi connectivity index (χ3n) is 3.39. The van der Waals surface area contributed by atoms with Crippen LogP contribution in [0.4, 0.5) is 0 Å². The molecule has 2 aromatic carbocycles. The molecule has 0 aliphatic heterocycles. The molecular weight excluding hydrogens is 294 g/mol. The van der Waals surface area contributed by atoms with E-state index in [4.69, 9.17) is 5.11 Å². The van der Waals surface area contributed by atoms with Crippen molar-refractivity contribution in [3.63, 3.8) is 0 Å². The monoisotopic (exact) mass is 307 g/mol. The largest absolute Gasteiger partial charge is 0.481 e. The number of rotatable bonds is 5. The van der Waals surface area contributed by atoms with Crippen molar-refractivity contribution in [2.24, 2.45) is 0 Å². The Morgan fingerprint density at radius 3 is 2.39 bits per heavy atom. The standard InChI is InChI=1S/C17H13N3O3/c21-11-15-17(13-4-2-1-3-5-13)20(19-18-15)14-8-6-12(7-9-14)10-16(22)23/h1-9,11H,10H2,(H,22,23). The van der Waals surface area contributed by atoms with Crippen molar-refractivity contribution < 1.29 is 14.7 Å². The van der Waals surface area contributed by atoms with Gasteiger partial charge in [0, 0.05) is 5.56 Å². The maximum atomic E-state index is 11.2. The van der Waals surface area contributed by atoms with Crippen LogP contribution in [0.25, 0.3) is 16.9 Å². The number of nitrogens with zero attached hydrogens (tertiary/aromatic N) is 3. The maximum Gasteiger partial charge on any atom is 0.307 e. The van der Waals surface area contributed by atoms with Crippen LogP contribution in [0.3, 0.4) is 0 Å². The molecule has 0 saturated heterocycles. The number of aldehydes is 1. The van der Waals surface area contributed by atoms with Gasteiger partial charge in [-0.1, -0.05) is 47.7 Å². The molecule has 0 atom stereocenters. The highest BCUT2D eigenvalue weighted by molar-refractivity contribution is 5.84. The number of carbonyl (C=O) groups is 2. The van der Waals surface area contributed by atoms with Gasteiger partial charge >= 0.3 is 5.97 Å². The topological polar surface area (TPSA) is 85.1 Å². The Labute approximate surface area is 132 Å². The molecule has 0 fully saturated rings. The summed E-state index contributed by atoms with van der Waals surface area (Å²) in [5.74, 6) is -0.883. The predicted molar refractivity (Wildman–Crippen MR) is 83.5 cm³/mol. The molecule has 1 heterocycles. The van der Waals surface area contributed by atoms with Crippen LogP contribution < -0.4 is 0 Å². The summed E-state index contributed by atoms with van der Waals surface area (Å²) in [7, 11) is 0. The molecule has 0 aliphatic rings. The smallest absolute Gasteiger partial charge is 0.307 e. The molecule has 6 nitrogen and oxygen atoms in total. The molecule has 0 bridgehead atoms. The van der Waals surface area contributed by atoms with E-state index in [0.29, 0.717) is 23.2 Å². The van der Waals surface area contributed by atoms with E-state index in [1.165, 1.54) is 0 Å². The average Bonchev–Trinajstić information content (AvgIpc) is 3.00. The highest BCUT2D eigenvalue weighted by Gasteiger charge is 2.15. The first-order valence-corrected chi connectivity index (χ1v) is 6.96. The summed E-state index contributed by atoms with van der Waals surface area (Å²) in [6, 6.07) is 16.3. The highest BCUT2D eigenvalue weighted by Crippen LogP contribution is 2.24. The first kappa shape index (κ1) is 14.6. The molecule has 3 rings (SSSR count). The van der Waals surface area contributed by atoms with Crippen molar-refractivity contribution in [1.82, 2.24) is 15.0 Å². The number of carboxylic acids is 1. The zero-order valence-electron chi connectivity index (χ0n) is 12.1. The van der Waals surface area contributed by atoms with E-state index in [2.05, 4.69) is 10.3 Å². The zero-order chi connectivity index (χ0) is 16.2. The first-order chi connectivity index (χ1) is 11.2. The summed E-state index contributed by atoms with van der Waals surface area (Å²) >= 11 is 0. The molecule has 0 saturated carbocycles. The van der Waals surface area contributed by atoms with E-state index in [9.17, 15) is 9.59 Å². The Morgan fingerprint density at radius 1 is 1.09 bits per heavy atom. The minimum Gasteiger partial charge on any atom is -0.481 e. The van der Waals surface area contributed by atoms with Crippen LogP contribution in [0.5, 0.6) is 0 Å². The summed E-state index contributed by atoms with van der Waals surface area (Å²) in [5, 5.41) is 16.8. The Morgan fingerprint density at radius 2 is 1.78 bits per heavy atom. The van der Waals surface area contributed by atoms with E-state index in [1.807, 2.05) is 30.3 Å². The fourth-order valence-corrected chi connectivity index (χ4v) is 2.35. The Kier molecular flexibility index (Phi) is 3.97. The number of hydrogen-bond acceptors (Lipinski definition) is 4. The van der Waals surface area contributed by atoms with Crippen molar-refractivity contribution in [3.8, 4) is 16.9 Å². The molecule has 1 aromatic heterocycles. The minimum absolute atomic E-state index is 0.0389. The van der Waals surface area contributed by atoms with Crippen LogP contribution in [0, 0.1) is 0 Å². The summed E-state index contributed by atoms with van der Waals surface area (Å²) in [5.41, 5.74) is 3.09. The van der Waals surface area contributed by atoms with E-state index in [1.54, 1.807) is 28.9 Å². The second kappa shape index (κ2) is 6.23. The molecule has 0 amide bonds. The zero-order valence-corrected chi connectivity index (χ0v) is 12.1. The van der Waals surface area contributed by atoms with Gasteiger partial charge in [0.25, 0.3) is 0 Å². The summed E-state index contributed by atoms with van der Waals surface area (Å²) in [4.78, 5) is 22.0. The molecule has 6 heteroatoms. The van der Waals surface area contributed by atoms with Crippen LogP contribution in [0.2, 0.25) is 0 Å². The number of carbonyl (C=O) groups excluding carboxylic acids is 1. The van der Waals surface area contributed by atoms with Gasteiger partial charge in [-0.3, -0.25) is 9.59 Å². The Hall–Kier alpha value is -3.28. The molecule has 3 aromatic rings. The third-order valence-corrected chi connectivity index (χ3v) is 3.39. The van der Waals surface area contributed by atoms with Gasteiger partial charge in [0.1, 0.15) is 5.69 Å².